The molecule has 1 aliphatic rings. The number of halogens is 1. The van der Waals surface area contributed by atoms with Gasteiger partial charge in [-0.25, -0.2) is 9.78 Å². The molecule has 4 aromatic rings. The van der Waals surface area contributed by atoms with Crippen LogP contribution < -0.4 is 15.0 Å². The van der Waals surface area contributed by atoms with Gasteiger partial charge in [0.1, 0.15) is 16.9 Å². The SMILES string of the molecule is CN(c1ccc(Cl)cc1)c1ccc2oc(-c3ccc(OCCCN4CC[C@@H](NC(=O)OC(C)(C)C)C4)cc3)nc2c1. The summed E-state index contributed by atoms with van der Waals surface area (Å²) >= 11 is 6.03. The average Bonchev–Trinajstić information content (AvgIpc) is 3.56. The number of likely N-dealkylation sites (tertiary alicyclic amines) is 1. The standard InChI is InChI=1S/C32H37ClN4O4/c1-32(2,3)41-31(38)34-24-16-18-37(21-24)17-5-19-39-27-13-6-22(7-14-27)30-35-28-20-26(12-15-29(28)40-30)36(4)25-10-8-23(33)9-11-25/h6-15,20,24H,5,16-19,21H2,1-4H3,(H,34,38)/t24-/m1/s1. The molecular formula is C32H37ClN4O4. The summed E-state index contributed by atoms with van der Waals surface area (Å²) in [4.78, 5) is 21.2. The van der Waals surface area contributed by atoms with Crippen molar-refractivity contribution in [2.45, 2.75) is 45.3 Å². The fourth-order valence-corrected chi connectivity index (χ4v) is 4.99. The molecule has 41 heavy (non-hydrogen) atoms. The van der Waals surface area contributed by atoms with Crippen LogP contribution in [0, 0.1) is 0 Å². The zero-order valence-corrected chi connectivity index (χ0v) is 24.8. The molecule has 0 unspecified atom stereocenters. The minimum absolute atomic E-state index is 0.126. The molecule has 8 nitrogen and oxygen atoms in total. The van der Waals surface area contributed by atoms with E-state index < -0.39 is 5.60 Å². The van der Waals surface area contributed by atoms with Gasteiger partial charge in [-0.2, -0.15) is 0 Å². The number of aromatic nitrogens is 1. The Morgan fingerprint density at radius 2 is 1.83 bits per heavy atom. The number of rotatable bonds is 9. The van der Waals surface area contributed by atoms with Crippen LogP contribution in [0.4, 0.5) is 16.2 Å². The summed E-state index contributed by atoms with van der Waals surface area (Å²) in [6, 6.07) is 21.7. The highest BCUT2D eigenvalue weighted by Gasteiger charge is 2.25. The van der Waals surface area contributed by atoms with Crippen molar-refractivity contribution < 1.29 is 18.7 Å². The van der Waals surface area contributed by atoms with Crippen molar-refractivity contribution >= 4 is 40.2 Å². The Labute approximate surface area is 246 Å². The van der Waals surface area contributed by atoms with Crippen LogP contribution in [0.5, 0.6) is 5.75 Å². The molecule has 1 N–H and O–H groups in total. The topological polar surface area (TPSA) is 80.1 Å². The number of carbonyl (C=O) groups is 1. The highest BCUT2D eigenvalue weighted by molar-refractivity contribution is 6.30. The molecule has 0 radical (unpaired) electrons. The van der Waals surface area contributed by atoms with Gasteiger partial charge in [0.15, 0.2) is 5.58 Å². The van der Waals surface area contributed by atoms with Gasteiger partial charge in [-0.15, -0.1) is 0 Å². The minimum Gasteiger partial charge on any atom is -0.494 e. The first-order valence-corrected chi connectivity index (χ1v) is 14.4. The lowest BCUT2D eigenvalue weighted by Crippen LogP contribution is -2.40. The number of amides is 1. The van der Waals surface area contributed by atoms with Gasteiger partial charge in [0.05, 0.1) is 6.61 Å². The molecule has 9 heteroatoms. The maximum Gasteiger partial charge on any atom is 0.407 e. The Bertz CT molecular complexity index is 1460. The van der Waals surface area contributed by atoms with Crippen LogP contribution in [0.25, 0.3) is 22.6 Å². The van der Waals surface area contributed by atoms with E-state index in [0.29, 0.717) is 17.5 Å². The number of benzene rings is 3. The minimum atomic E-state index is -0.485. The highest BCUT2D eigenvalue weighted by atomic mass is 35.5. The van der Waals surface area contributed by atoms with Gasteiger partial charge in [0, 0.05) is 54.7 Å². The number of nitrogens with one attached hydrogen (secondary N) is 1. The van der Waals surface area contributed by atoms with E-state index >= 15 is 0 Å². The summed E-state index contributed by atoms with van der Waals surface area (Å²) in [5.74, 6) is 1.38. The van der Waals surface area contributed by atoms with Gasteiger partial charge in [-0.3, -0.25) is 0 Å². The second-order valence-electron chi connectivity index (χ2n) is 11.4. The molecule has 1 amide bonds. The Morgan fingerprint density at radius 1 is 1.10 bits per heavy atom. The van der Waals surface area contributed by atoms with Crippen molar-refractivity contribution in [1.82, 2.24) is 15.2 Å². The van der Waals surface area contributed by atoms with E-state index in [0.717, 1.165) is 66.3 Å². The first-order chi connectivity index (χ1) is 19.6. The lowest BCUT2D eigenvalue weighted by molar-refractivity contribution is 0.0505. The third-order valence-corrected chi connectivity index (χ3v) is 7.21. The van der Waals surface area contributed by atoms with Crippen molar-refractivity contribution in [1.29, 1.82) is 0 Å². The van der Waals surface area contributed by atoms with Crippen molar-refractivity contribution in [3.05, 3.63) is 71.8 Å². The lowest BCUT2D eigenvalue weighted by atomic mass is 10.2. The second-order valence-corrected chi connectivity index (χ2v) is 11.8. The van der Waals surface area contributed by atoms with Crippen LogP contribution in [0.15, 0.2) is 71.1 Å². The number of hydrogen-bond donors (Lipinski definition) is 1. The zero-order chi connectivity index (χ0) is 29.0. The number of carbonyl (C=O) groups excluding carboxylic acids is 1. The smallest absolute Gasteiger partial charge is 0.407 e. The molecule has 216 valence electrons. The van der Waals surface area contributed by atoms with E-state index in [-0.39, 0.29) is 12.1 Å². The van der Waals surface area contributed by atoms with E-state index in [1.54, 1.807) is 0 Å². The largest absolute Gasteiger partial charge is 0.494 e. The number of anilines is 2. The molecule has 1 fully saturated rings. The first kappa shape index (κ1) is 28.8. The van der Waals surface area contributed by atoms with E-state index in [4.69, 9.17) is 30.5 Å². The van der Waals surface area contributed by atoms with Gasteiger partial charge in [-0.05, 0) is 100 Å². The van der Waals surface area contributed by atoms with E-state index in [1.807, 2.05) is 94.5 Å². The number of ether oxygens (including phenoxy) is 2. The summed E-state index contributed by atoms with van der Waals surface area (Å²) in [7, 11) is 2.01. The Morgan fingerprint density at radius 3 is 2.56 bits per heavy atom. The predicted octanol–water partition coefficient (Wildman–Crippen LogP) is 7.28. The number of oxazole rings is 1. The monoisotopic (exact) mass is 576 g/mol. The van der Waals surface area contributed by atoms with Crippen LogP contribution in [0.3, 0.4) is 0 Å². The maximum absolute atomic E-state index is 12.0. The number of hydrogen-bond acceptors (Lipinski definition) is 7. The van der Waals surface area contributed by atoms with E-state index in [2.05, 4.69) is 15.1 Å². The molecular weight excluding hydrogens is 540 g/mol. The number of alkyl carbamates (subject to hydrolysis) is 1. The lowest BCUT2D eigenvalue weighted by Gasteiger charge is -2.22. The number of fused-ring (bicyclic) bond motifs is 1. The molecule has 2 heterocycles. The highest BCUT2D eigenvalue weighted by Crippen LogP contribution is 2.31. The Balaban J connectivity index is 1.09. The van der Waals surface area contributed by atoms with Gasteiger partial charge in [0.2, 0.25) is 5.89 Å². The van der Waals surface area contributed by atoms with Crippen LogP contribution in [0.2, 0.25) is 5.02 Å². The molecule has 0 bridgehead atoms. The summed E-state index contributed by atoms with van der Waals surface area (Å²) in [6.07, 6.45) is 1.48. The second kappa shape index (κ2) is 12.4. The van der Waals surface area contributed by atoms with Crippen LogP contribution in [0.1, 0.15) is 33.6 Å². The van der Waals surface area contributed by atoms with Crippen molar-refractivity contribution in [2.24, 2.45) is 0 Å². The molecule has 0 spiro atoms. The first-order valence-electron chi connectivity index (χ1n) is 14.0. The van der Waals surface area contributed by atoms with E-state index in [1.165, 1.54) is 0 Å². The fraction of sp³-hybridized carbons (Fsp3) is 0.375. The maximum atomic E-state index is 12.0. The van der Waals surface area contributed by atoms with Crippen LogP contribution >= 0.6 is 11.6 Å². The number of nitrogens with zero attached hydrogens (tertiary/aromatic N) is 3. The molecule has 0 aliphatic carbocycles. The van der Waals surface area contributed by atoms with Crippen molar-refractivity contribution in [3.63, 3.8) is 0 Å². The molecule has 1 saturated heterocycles. The molecule has 1 atom stereocenters. The van der Waals surface area contributed by atoms with Crippen molar-refractivity contribution in [2.75, 3.05) is 38.2 Å². The van der Waals surface area contributed by atoms with E-state index in [9.17, 15) is 4.79 Å². The summed E-state index contributed by atoms with van der Waals surface area (Å²) in [5, 5.41) is 3.68. The van der Waals surface area contributed by atoms with Crippen LogP contribution in [-0.2, 0) is 4.74 Å². The van der Waals surface area contributed by atoms with Crippen LogP contribution in [-0.4, -0.2) is 60.9 Å². The molecule has 5 rings (SSSR count). The third-order valence-electron chi connectivity index (χ3n) is 6.95. The summed E-state index contributed by atoms with van der Waals surface area (Å²) in [6.45, 7) is 8.94. The summed E-state index contributed by atoms with van der Waals surface area (Å²) in [5.41, 5.74) is 3.98. The Hall–Kier alpha value is -3.75. The zero-order valence-electron chi connectivity index (χ0n) is 24.0. The molecule has 1 aromatic heterocycles. The summed E-state index contributed by atoms with van der Waals surface area (Å²) < 4.78 is 17.4. The average molecular weight is 577 g/mol. The molecule has 3 aromatic carbocycles. The van der Waals surface area contributed by atoms with Gasteiger partial charge >= 0.3 is 6.09 Å². The third kappa shape index (κ3) is 7.71. The molecule has 0 saturated carbocycles. The van der Waals surface area contributed by atoms with Gasteiger partial charge in [-0.1, -0.05) is 11.6 Å². The van der Waals surface area contributed by atoms with Crippen molar-refractivity contribution in [3.8, 4) is 17.2 Å². The Kier molecular flexibility index (Phi) is 8.71. The fourth-order valence-electron chi connectivity index (χ4n) is 4.86. The van der Waals surface area contributed by atoms with Gasteiger partial charge < -0.3 is 29.0 Å². The van der Waals surface area contributed by atoms with Gasteiger partial charge in [0.25, 0.3) is 0 Å². The normalized spacial score (nSPS) is 15.7. The quantitative estimate of drug-likeness (QED) is 0.210. The predicted molar refractivity (Wildman–Crippen MR) is 163 cm³/mol. The molecule has 1 aliphatic heterocycles.